The molecular formula is C36H47N5O9S. The lowest BCUT2D eigenvalue weighted by Gasteiger charge is -2.31. The van der Waals surface area contributed by atoms with E-state index in [2.05, 4.69) is 33.5 Å². The standard InChI is InChI=1S/C36H47N5O9S/c1-6-21(3)11-10-12-22(4)30(38-35(45)46)33(43)41-20-24(50-32-27-14-9-8-13-26(27)29(49-5)19-37-32)17-28(41)31(42)39-36(18-23(36)7-2)34(44)40-51(47,48)25-15-16-25/h6-9,13-14,19,21-25,28,30,38H,1-2,10-12,15-18,20H2,3-5H3,(H,39,42)(H,40,44)(H,45,46)/t21?,22-,23-,24-,28+,30+,36-/m1/s1. The summed E-state index contributed by atoms with van der Waals surface area (Å²) in [6, 6.07) is 4.95. The average Bonchev–Trinajstić information content (AvgIpc) is 4.03. The zero-order chi connectivity index (χ0) is 37.1. The molecule has 4 N–H and O–H groups in total. The van der Waals surface area contributed by atoms with Crippen molar-refractivity contribution in [2.24, 2.45) is 17.8 Å². The monoisotopic (exact) mass is 725 g/mol. The second-order valence-corrected chi connectivity index (χ2v) is 15.9. The number of carboxylic acid groups (broad SMARTS) is 1. The summed E-state index contributed by atoms with van der Waals surface area (Å²) in [5.41, 5.74) is -1.57. The largest absolute Gasteiger partial charge is 0.494 e. The first kappa shape index (κ1) is 37.6. The highest BCUT2D eigenvalue weighted by atomic mass is 32.2. The van der Waals surface area contributed by atoms with Gasteiger partial charge < -0.3 is 30.1 Å². The van der Waals surface area contributed by atoms with Crippen LogP contribution in [0.1, 0.15) is 58.8 Å². The lowest BCUT2D eigenvalue weighted by molar-refractivity contribution is -0.142. The molecule has 276 valence electrons. The number of pyridine rings is 1. The van der Waals surface area contributed by atoms with E-state index in [-0.39, 0.29) is 31.2 Å². The molecule has 0 spiro atoms. The van der Waals surface area contributed by atoms with E-state index in [1.54, 1.807) is 6.92 Å². The zero-order valence-electron chi connectivity index (χ0n) is 29.2. The number of fused-ring (bicyclic) bond motifs is 1. The predicted octanol–water partition coefficient (Wildman–Crippen LogP) is 3.53. The number of ether oxygens (including phenoxy) is 2. The number of nitrogens with one attached hydrogen (secondary N) is 3. The topological polar surface area (TPSA) is 193 Å². The third-order valence-electron chi connectivity index (χ3n) is 10.2. The number of aromatic nitrogens is 1. The highest BCUT2D eigenvalue weighted by Gasteiger charge is 2.62. The molecule has 1 aliphatic heterocycles. The van der Waals surface area contributed by atoms with Crippen LogP contribution < -0.4 is 24.8 Å². The lowest BCUT2D eigenvalue weighted by atomic mass is 9.92. The van der Waals surface area contributed by atoms with E-state index >= 15 is 0 Å². The number of hydrogen-bond donors (Lipinski definition) is 4. The van der Waals surface area contributed by atoms with E-state index in [1.165, 1.54) is 24.3 Å². The summed E-state index contributed by atoms with van der Waals surface area (Å²) in [5.74, 6) is -2.12. The van der Waals surface area contributed by atoms with Gasteiger partial charge in [0.2, 0.25) is 27.7 Å². The van der Waals surface area contributed by atoms with Crippen molar-refractivity contribution in [2.75, 3.05) is 13.7 Å². The summed E-state index contributed by atoms with van der Waals surface area (Å²) in [4.78, 5) is 59.6. The molecule has 7 atom stereocenters. The molecule has 4 amide bonds. The van der Waals surface area contributed by atoms with Crippen molar-refractivity contribution in [3.05, 3.63) is 55.8 Å². The molecule has 2 aliphatic carbocycles. The van der Waals surface area contributed by atoms with Gasteiger partial charge in [0.15, 0.2) is 0 Å². The number of hydrogen-bond acceptors (Lipinski definition) is 9. The van der Waals surface area contributed by atoms with Gasteiger partial charge in [-0.05, 0) is 50.0 Å². The van der Waals surface area contributed by atoms with Crippen molar-refractivity contribution in [2.45, 2.75) is 87.8 Å². The Hall–Kier alpha value is -4.66. The van der Waals surface area contributed by atoms with Crippen LogP contribution in [0, 0.1) is 17.8 Å². The van der Waals surface area contributed by atoms with Crippen LogP contribution in [0.4, 0.5) is 4.79 Å². The molecular weight excluding hydrogens is 678 g/mol. The van der Waals surface area contributed by atoms with Gasteiger partial charge in [-0.15, -0.1) is 13.2 Å². The van der Waals surface area contributed by atoms with Gasteiger partial charge in [-0.1, -0.05) is 50.6 Å². The molecule has 1 saturated heterocycles. The number of benzene rings is 1. The molecule has 0 bridgehead atoms. The first-order valence-corrected chi connectivity index (χ1v) is 18.8. The van der Waals surface area contributed by atoms with Crippen LogP contribution in [0.3, 0.4) is 0 Å². The number of amides is 4. The Bertz CT molecular complexity index is 1800. The second kappa shape index (κ2) is 15.3. The summed E-state index contributed by atoms with van der Waals surface area (Å²) in [5, 5.41) is 15.6. The Labute approximate surface area is 298 Å². The minimum atomic E-state index is -3.91. The molecule has 2 heterocycles. The molecule has 14 nitrogen and oxygen atoms in total. The molecule has 3 aliphatic rings. The third-order valence-corrected chi connectivity index (χ3v) is 12.0. The van der Waals surface area contributed by atoms with Gasteiger partial charge >= 0.3 is 6.09 Å². The van der Waals surface area contributed by atoms with Gasteiger partial charge in [0, 0.05) is 23.1 Å². The number of carbonyl (C=O) groups excluding carboxylic acids is 3. The number of likely N-dealkylation sites (tertiary alicyclic amines) is 1. The van der Waals surface area contributed by atoms with Crippen molar-refractivity contribution in [1.82, 2.24) is 25.2 Å². The Morgan fingerprint density at radius 2 is 1.84 bits per heavy atom. The van der Waals surface area contributed by atoms with E-state index in [1.807, 2.05) is 37.3 Å². The van der Waals surface area contributed by atoms with Crippen LogP contribution in [-0.4, -0.2) is 89.9 Å². The van der Waals surface area contributed by atoms with Gasteiger partial charge in [0.05, 0.1) is 25.1 Å². The first-order valence-electron chi connectivity index (χ1n) is 17.3. The number of nitrogens with zero attached hydrogens (tertiary/aromatic N) is 2. The molecule has 2 aromatic rings. The van der Waals surface area contributed by atoms with Crippen LogP contribution in [0.15, 0.2) is 55.8 Å². The van der Waals surface area contributed by atoms with Gasteiger partial charge in [-0.25, -0.2) is 18.2 Å². The fraction of sp³-hybridized carbons (Fsp3) is 0.528. The van der Waals surface area contributed by atoms with Crippen LogP contribution >= 0.6 is 0 Å². The molecule has 1 unspecified atom stereocenters. The lowest BCUT2D eigenvalue weighted by Crippen LogP contribution is -2.59. The van der Waals surface area contributed by atoms with E-state index in [9.17, 15) is 32.7 Å². The van der Waals surface area contributed by atoms with Crippen LogP contribution in [0.2, 0.25) is 0 Å². The zero-order valence-corrected chi connectivity index (χ0v) is 30.0. The fourth-order valence-corrected chi connectivity index (χ4v) is 8.12. The maximum absolute atomic E-state index is 14.3. The Morgan fingerprint density at radius 3 is 2.45 bits per heavy atom. The van der Waals surface area contributed by atoms with Gasteiger partial charge in [0.25, 0.3) is 5.91 Å². The Balaban J connectivity index is 1.43. The fourth-order valence-electron chi connectivity index (χ4n) is 6.75. The second-order valence-electron chi connectivity index (χ2n) is 13.9. The van der Waals surface area contributed by atoms with Crippen molar-refractivity contribution >= 4 is 44.6 Å². The number of rotatable bonds is 17. The maximum atomic E-state index is 14.3. The number of allylic oxidation sites excluding steroid dienone is 1. The van der Waals surface area contributed by atoms with Crippen LogP contribution in [0.25, 0.3) is 10.8 Å². The van der Waals surface area contributed by atoms with E-state index in [4.69, 9.17) is 9.47 Å². The number of carbonyl (C=O) groups is 4. The van der Waals surface area contributed by atoms with Crippen molar-refractivity contribution in [3.63, 3.8) is 0 Å². The maximum Gasteiger partial charge on any atom is 0.405 e. The highest BCUT2D eigenvalue weighted by molar-refractivity contribution is 7.91. The Morgan fingerprint density at radius 1 is 1.14 bits per heavy atom. The quantitative estimate of drug-likeness (QED) is 0.175. The van der Waals surface area contributed by atoms with Crippen molar-refractivity contribution < 1.29 is 42.2 Å². The SMILES string of the molecule is C=CC(C)CCC[C@@H](C)[C@H](NC(=O)O)C(=O)N1C[C@H](Oc2ncc(OC)c3ccccc23)C[C@H]1C(=O)N[C@]1(C(=O)NS(=O)(=O)C2CC2)C[C@H]1C=C. The molecule has 3 fully saturated rings. The molecule has 51 heavy (non-hydrogen) atoms. The molecule has 0 radical (unpaired) electrons. The van der Waals surface area contributed by atoms with E-state index in [0.29, 0.717) is 30.4 Å². The van der Waals surface area contributed by atoms with Crippen molar-refractivity contribution in [3.8, 4) is 11.6 Å². The molecule has 1 aromatic carbocycles. The minimum absolute atomic E-state index is 0.0124. The summed E-state index contributed by atoms with van der Waals surface area (Å²) >= 11 is 0. The summed E-state index contributed by atoms with van der Waals surface area (Å²) in [6.07, 6.45) is 5.75. The molecule has 1 aromatic heterocycles. The van der Waals surface area contributed by atoms with E-state index in [0.717, 1.165) is 18.2 Å². The summed E-state index contributed by atoms with van der Waals surface area (Å²) in [7, 11) is -2.38. The molecule has 15 heteroatoms. The van der Waals surface area contributed by atoms with E-state index < -0.39 is 74.7 Å². The molecule has 5 rings (SSSR count). The van der Waals surface area contributed by atoms with Gasteiger partial charge in [0.1, 0.15) is 29.5 Å². The van der Waals surface area contributed by atoms with Crippen LogP contribution in [0.5, 0.6) is 11.6 Å². The normalized spacial score (nSPS) is 24.5. The highest BCUT2D eigenvalue weighted by Crippen LogP contribution is 2.45. The average molecular weight is 726 g/mol. The smallest absolute Gasteiger partial charge is 0.405 e. The predicted molar refractivity (Wildman–Crippen MR) is 189 cm³/mol. The van der Waals surface area contributed by atoms with Crippen molar-refractivity contribution in [1.29, 1.82) is 0 Å². The van der Waals surface area contributed by atoms with Crippen LogP contribution in [-0.2, 0) is 24.4 Å². The number of sulfonamides is 1. The summed E-state index contributed by atoms with van der Waals surface area (Å²) in [6.45, 7) is 11.3. The first-order chi connectivity index (χ1) is 24.2. The molecule has 2 saturated carbocycles. The van der Waals surface area contributed by atoms with Gasteiger partial charge in [-0.3, -0.25) is 19.1 Å². The minimum Gasteiger partial charge on any atom is -0.494 e. The van der Waals surface area contributed by atoms with Gasteiger partial charge in [-0.2, -0.15) is 0 Å². The number of methoxy groups -OCH3 is 1. The Kier molecular flexibility index (Phi) is 11.3. The summed E-state index contributed by atoms with van der Waals surface area (Å²) < 4.78 is 39.2. The third kappa shape index (κ3) is 8.29.